The monoisotopic (exact) mass is 415 g/mol. The molecule has 0 saturated carbocycles. The molecular weight excluding hydrogens is 394 g/mol. The van der Waals surface area contributed by atoms with Crippen LogP contribution in [0.15, 0.2) is 76.6 Å². The minimum absolute atomic E-state index is 0.191. The molecular formula is C24H21N3O2S. The molecule has 0 saturated heterocycles. The van der Waals surface area contributed by atoms with Crippen molar-refractivity contribution in [3.8, 4) is 5.69 Å². The Bertz CT molecular complexity index is 1180. The van der Waals surface area contributed by atoms with Gasteiger partial charge in [0.15, 0.2) is 5.17 Å². The largest absolute Gasteiger partial charge is 0.318 e. The number of carbonyl (C=O) groups excluding carboxylic acids is 2. The first kappa shape index (κ1) is 19.9. The molecule has 0 aliphatic carbocycles. The number of thioether (sulfide) groups is 1. The van der Waals surface area contributed by atoms with Gasteiger partial charge in [-0.15, -0.1) is 0 Å². The maximum Gasteiger partial charge on any atom is 0.286 e. The van der Waals surface area contributed by atoms with Crippen molar-refractivity contribution < 1.29 is 9.59 Å². The van der Waals surface area contributed by atoms with Crippen LogP contribution in [-0.4, -0.2) is 21.5 Å². The number of nitrogens with zero attached hydrogens (tertiary/aromatic N) is 3. The molecule has 2 aromatic carbocycles. The van der Waals surface area contributed by atoms with Crippen LogP contribution >= 0.6 is 11.8 Å². The third-order valence-electron chi connectivity index (χ3n) is 4.90. The molecule has 0 atom stereocenters. The lowest BCUT2D eigenvalue weighted by atomic mass is 10.2. The first-order valence-electron chi connectivity index (χ1n) is 9.58. The number of anilines is 1. The molecule has 2 heterocycles. The van der Waals surface area contributed by atoms with Gasteiger partial charge < -0.3 is 4.57 Å². The number of aliphatic imine (C=N–C) groups is 1. The maximum absolute atomic E-state index is 12.6. The van der Waals surface area contributed by atoms with E-state index in [-0.39, 0.29) is 11.8 Å². The molecule has 30 heavy (non-hydrogen) atoms. The lowest BCUT2D eigenvalue weighted by Crippen LogP contribution is -2.32. The minimum Gasteiger partial charge on any atom is -0.318 e. The molecule has 1 aromatic heterocycles. The van der Waals surface area contributed by atoms with E-state index in [9.17, 15) is 9.59 Å². The van der Waals surface area contributed by atoms with Gasteiger partial charge in [0, 0.05) is 24.0 Å². The zero-order chi connectivity index (χ0) is 21.3. The van der Waals surface area contributed by atoms with E-state index in [1.54, 1.807) is 0 Å². The van der Waals surface area contributed by atoms with Gasteiger partial charge in [-0.3, -0.25) is 14.5 Å². The second kappa shape index (κ2) is 8.16. The number of benzene rings is 2. The topological polar surface area (TPSA) is 54.7 Å². The lowest BCUT2D eigenvalue weighted by Gasteiger charge is -2.19. The van der Waals surface area contributed by atoms with Crippen LogP contribution in [0, 0.1) is 13.8 Å². The van der Waals surface area contributed by atoms with Crippen LogP contribution in [0.3, 0.4) is 0 Å². The zero-order valence-corrected chi connectivity index (χ0v) is 17.8. The van der Waals surface area contributed by atoms with Crippen molar-refractivity contribution in [2.45, 2.75) is 20.8 Å². The van der Waals surface area contributed by atoms with Crippen molar-refractivity contribution in [2.24, 2.45) is 4.99 Å². The van der Waals surface area contributed by atoms with E-state index >= 15 is 0 Å². The first-order valence-corrected chi connectivity index (χ1v) is 10.4. The number of amidine groups is 1. The van der Waals surface area contributed by atoms with E-state index in [4.69, 9.17) is 0 Å². The zero-order valence-electron chi connectivity index (χ0n) is 17.0. The Morgan fingerprint density at radius 3 is 2.30 bits per heavy atom. The Balaban J connectivity index is 1.66. The average molecular weight is 416 g/mol. The van der Waals surface area contributed by atoms with Gasteiger partial charge >= 0.3 is 0 Å². The van der Waals surface area contributed by atoms with Crippen LogP contribution in [0.2, 0.25) is 0 Å². The number of amides is 2. The number of para-hydroxylation sites is 2. The van der Waals surface area contributed by atoms with Crippen molar-refractivity contribution in [1.82, 2.24) is 4.57 Å². The fraction of sp³-hybridized carbons (Fsp3) is 0.125. The minimum atomic E-state index is -0.332. The Hall–Kier alpha value is -3.38. The second-order valence-corrected chi connectivity index (χ2v) is 8.01. The summed E-state index contributed by atoms with van der Waals surface area (Å²) in [5.41, 5.74) is 4.84. The third kappa shape index (κ3) is 3.74. The van der Waals surface area contributed by atoms with E-state index in [1.807, 2.05) is 68.5 Å². The van der Waals surface area contributed by atoms with Gasteiger partial charge in [-0.2, -0.15) is 4.99 Å². The van der Waals surface area contributed by atoms with Crippen molar-refractivity contribution >= 4 is 40.5 Å². The highest BCUT2D eigenvalue weighted by molar-refractivity contribution is 8.19. The Morgan fingerprint density at radius 2 is 1.67 bits per heavy atom. The van der Waals surface area contributed by atoms with Crippen LogP contribution in [0.1, 0.15) is 23.9 Å². The molecule has 0 bridgehead atoms. The second-order valence-electron chi connectivity index (χ2n) is 7.00. The Kier molecular flexibility index (Phi) is 5.42. The van der Waals surface area contributed by atoms with Gasteiger partial charge in [-0.05, 0) is 67.6 Å². The van der Waals surface area contributed by atoms with Crippen molar-refractivity contribution in [3.05, 3.63) is 88.6 Å². The van der Waals surface area contributed by atoms with Crippen LogP contribution in [0.5, 0.6) is 0 Å². The number of carbonyl (C=O) groups is 2. The average Bonchev–Trinajstić information content (AvgIpc) is 3.22. The first-order chi connectivity index (χ1) is 14.5. The van der Waals surface area contributed by atoms with Crippen LogP contribution < -0.4 is 4.90 Å². The van der Waals surface area contributed by atoms with Crippen molar-refractivity contribution in [2.75, 3.05) is 4.90 Å². The molecule has 0 fully saturated rings. The number of aromatic nitrogens is 1. The molecule has 0 unspecified atom stereocenters. The van der Waals surface area contributed by atoms with Gasteiger partial charge in [0.25, 0.3) is 5.91 Å². The molecule has 4 rings (SSSR count). The highest BCUT2D eigenvalue weighted by atomic mass is 32.2. The van der Waals surface area contributed by atoms with E-state index in [2.05, 4.69) is 27.8 Å². The standard InChI is InChI=1S/C24H21N3O2S/c1-16-14-19(17(2)26(16)20-10-6-4-7-11-20)15-22-23(29)25-24(30-22)27(18(3)28)21-12-8-5-9-13-21/h4-15H,1-3H3. The van der Waals surface area contributed by atoms with E-state index in [0.717, 1.165) is 22.6 Å². The lowest BCUT2D eigenvalue weighted by molar-refractivity contribution is -0.115. The molecule has 0 radical (unpaired) electrons. The van der Waals surface area contributed by atoms with Crippen LogP contribution in [0.25, 0.3) is 11.8 Å². The Morgan fingerprint density at radius 1 is 1.03 bits per heavy atom. The summed E-state index contributed by atoms with van der Waals surface area (Å²) in [7, 11) is 0. The molecule has 3 aromatic rings. The van der Waals surface area contributed by atoms with E-state index in [1.165, 1.54) is 23.6 Å². The molecule has 2 amide bonds. The summed E-state index contributed by atoms with van der Waals surface area (Å²) in [6.45, 7) is 5.54. The predicted molar refractivity (Wildman–Crippen MR) is 123 cm³/mol. The van der Waals surface area contributed by atoms with Gasteiger partial charge in [-0.25, -0.2) is 0 Å². The van der Waals surface area contributed by atoms with Gasteiger partial charge in [0.1, 0.15) is 0 Å². The molecule has 150 valence electrons. The van der Waals surface area contributed by atoms with Gasteiger partial charge in [0.2, 0.25) is 5.91 Å². The summed E-state index contributed by atoms with van der Waals surface area (Å²) in [5.74, 6) is -0.523. The molecule has 0 spiro atoms. The SMILES string of the molecule is CC(=O)N(C1=NC(=O)C(=Cc2cc(C)n(-c3ccccc3)c2C)S1)c1ccccc1. The summed E-state index contributed by atoms with van der Waals surface area (Å²) >= 11 is 1.22. The highest BCUT2D eigenvalue weighted by Gasteiger charge is 2.29. The van der Waals surface area contributed by atoms with Crippen molar-refractivity contribution in [1.29, 1.82) is 0 Å². The smallest absolute Gasteiger partial charge is 0.286 e. The molecule has 5 nitrogen and oxygen atoms in total. The highest BCUT2D eigenvalue weighted by Crippen LogP contribution is 2.34. The quantitative estimate of drug-likeness (QED) is 0.558. The van der Waals surface area contributed by atoms with E-state index < -0.39 is 0 Å². The summed E-state index contributed by atoms with van der Waals surface area (Å²) in [4.78, 5) is 31.0. The molecule has 1 aliphatic heterocycles. The molecule has 6 heteroatoms. The summed E-state index contributed by atoms with van der Waals surface area (Å²) in [5, 5.41) is 0.377. The summed E-state index contributed by atoms with van der Waals surface area (Å²) in [6.07, 6.45) is 1.86. The maximum atomic E-state index is 12.6. The number of hydrogen-bond acceptors (Lipinski definition) is 3. The normalized spacial score (nSPS) is 14.8. The number of aryl methyl sites for hydroxylation is 1. The fourth-order valence-corrected chi connectivity index (χ4v) is 4.52. The van der Waals surface area contributed by atoms with Gasteiger partial charge in [0.05, 0.1) is 10.6 Å². The molecule has 1 aliphatic rings. The fourth-order valence-electron chi connectivity index (χ4n) is 3.55. The molecule has 0 N–H and O–H groups in total. The van der Waals surface area contributed by atoms with Gasteiger partial charge in [-0.1, -0.05) is 36.4 Å². The number of hydrogen-bond donors (Lipinski definition) is 0. The van der Waals surface area contributed by atoms with Crippen LogP contribution in [0.4, 0.5) is 5.69 Å². The van der Waals surface area contributed by atoms with E-state index in [0.29, 0.717) is 15.8 Å². The predicted octanol–water partition coefficient (Wildman–Crippen LogP) is 5.12. The van der Waals surface area contributed by atoms with Crippen LogP contribution in [-0.2, 0) is 9.59 Å². The Labute approximate surface area is 179 Å². The van der Waals surface area contributed by atoms with Crippen molar-refractivity contribution in [3.63, 3.8) is 0 Å². The summed E-state index contributed by atoms with van der Waals surface area (Å²) in [6, 6.07) is 21.4. The number of rotatable bonds is 3. The summed E-state index contributed by atoms with van der Waals surface area (Å²) < 4.78 is 2.16. The third-order valence-corrected chi connectivity index (χ3v) is 5.87.